The zero-order chi connectivity index (χ0) is 18.1. The third-order valence-corrected chi connectivity index (χ3v) is 4.84. The number of ketones is 1. The molecule has 0 heterocycles. The summed E-state index contributed by atoms with van der Waals surface area (Å²) < 4.78 is 14.6. The van der Waals surface area contributed by atoms with Gasteiger partial charge in [0.2, 0.25) is 0 Å². The van der Waals surface area contributed by atoms with E-state index in [0.717, 1.165) is 22.3 Å². The Bertz CT molecular complexity index is 956. The third-order valence-electron chi connectivity index (χ3n) is 4.84. The van der Waals surface area contributed by atoms with E-state index in [1.54, 1.807) is 18.2 Å². The molecule has 3 aromatic carbocycles. The van der Waals surface area contributed by atoms with Gasteiger partial charge in [0.1, 0.15) is 5.82 Å². The molecular formula is C23H21FO. The van der Waals surface area contributed by atoms with Gasteiger partial charge in [-0.15, -0.1) is 0 Å². The van der Waals surface area contributed by atoms with Crippen molar-refractivity contribution in [3.8, 4) is 11.1 Å². The highest BCUT2D eigenvalue weighted by atomic mass is 19.1. The Morgan fingerprint density at radius 3 is 2.12 bits per heavy atom. The molecule has 0 aromatic heterocycles. The molecule has 0 radical (unpaired) electrons. The fourth-order valence-corrected chi connectivity index (χ4v) is 3.16. The molecule has 25 heavy (non-hydrogen) atoms. The zero-order valence-corrected chi connectivity index (χ0v) is 15.0. The lowest BCUT2D eigenvalue weighted by molar-refractivity contribution is 0.103. The Balaban J connectivity index is 2.30. The van der Waals surface area contributed by atoms with Crippen molar-refractivity contribution in [2.24, 2.45) is 0 Å². The van der Waals surface area contributed by atoms with Gasteiger partial charge >= 0.3 is 0 Å². The molecule has 2 heteroatoms. The van der Waals surface area contributed by atoms with Crippen LogP contribution in [0.5, 0.6) is 0 Å². The largest absolute Gasteiger partial charge is 0.289 e. The van der Waals surface area contributed by atoms with Gasteiger partial charge in [0.05, 0.1) is 0 Å². The minimum atomic E-state index is -0.301. The number of benzene rings is 3. The summed E-state index contributed by atoms with van der Waals surface area (Å²) in [5, 5.41) is 0. The average molecular weight is 332 g/mol. The van der Waals surface area contributed by atoms with Crippen molar-refractivity contribution in [2.45, 2.75) is 27.7 Å². The molecule has 126 valence electrons. The molecule has 0 aliphatic carbocycles. The second-order valence-electron chi connectivity index (χ2n) is 6.54. The van der Waals surface area contributed by atoms with E-state index in [1.165, 1.54) is 6.07 Å². The Kier molecular flexibility index (Phi) is 4.54. The maximum Gasteiger partial charge on any atom is 0.193 e. The van der Waals surface area contributed by atoms with Crippen molar-refractivity contribution in [3.63, 3.8) is 0 Å². The van der Waals surface area contributed by atoms with E-state index in [4.69, 9.17) is 0 Å². The molecule has 0 saturated carbocycles. The Labute approximate surface area is 148 Å². The maximum absolute atomic E-state index is 14.6. The first-order chi connectivity index (χ1) is 11.9. The number of rotatable bonds is 3. The molecule has 0 aliphatic rings. The monoisotopic (exact) mass is 332 g/mol. The van der Waals surface area contributed by atoms with E-state index in [1.807, 2.05) is 58.0 Å². The standard InChI is InChI=1S/C23H21FO/c1-14-10-11-19(21(24)12-14)20-13-15(2)16(3)17(4)22(20)23(25)18-8-6-5-7-9-18/h5-13H,1-4H3. The smallest absolute Gasteiger partial charge is 0.193 e. The van der Waals surface area contributed by atoms with Crippen LogP contribution in [0.2, 0.25) is 0 Å². The van der Waals surface area contributed by atoms with Crippen LogP contribution in [0.3, 0.4) is 0 Å². The van der Waals surface area contributed by atoms with Gasteiger partial charge in [0.15, 0.2) is 5.78 Å². The first kappa shape index (κ1) is 17.1. The van der Waals surface area contributed by atoms with Crippen molar-refractivity contribution in [1.29, 1.82) is 0 Å². The predicted octanol–water partition coefficient (Wildman–Crippen LogP) is 5.96. The van der Waals surface area contributed by atoms with Crippen LogP contribution in [0, 0.1) is 33.5 Å². The zero-order valence-electron chi connectivity index (χ0n) is 15.0. The van der Waals surface area contributed by atoms with Crippen molar-refractivity contribution in [2.75, 3.05) is 0 Å². The minimum Gasteiger partial charge on any atom is -0.289 e. The number of hydrogen-bond acceptors (Lipinski definition) is 1. The molecular weight excluding hydrogens is 311 g/mol. The summed E-state index contributed by atoms with van der Waals surface area (Å²) in [5.41, 5.74) is 6.21. The van der Waals surface area contributed by atoms with E-state index in [9.17, 15) is 9.18 Å². The molecule has 0 aliphatic heterocycles. The van der Waals surface area contributed by atoms with Gasteiger partial charge in [0, 0.05) is 16.7 Å². The van der Waals surface area contributed by atoms with E-state index < -0.39 is 0 Å². The normalized spacial score (nSPS) is 10.8. The number of carbonyl (C=O) groups excluding carboxylic acids is 1. The molecule has 0 atom stereocenters. The van der Waals surface area contributed by atoms with Gasteiger partial charge < -0.3 is 0 Å². The van der Waals surface area contributed by atoms with Gasteiger partial charge in [-0.3, -0.25) is 4.79 Å². The quantitative estimate of drug-likeness (QED) is 0.541. The maximum atomic E-state index is 14.6. The van der Waals surface area contributed by atoms with Crippen LogP contribution in [0.4, 0.5) is 4.39 Å². The Morgan fingerprint density at radius 1 is 0.800 bits per heavy atom. The molecule has 0 spiro atoms. The van der Waals surface area contributed by atoms with Crippen molar-refractivity contribution >= 4 is 5.78 Å². The van der Waals surface area contributed by atoms with Gasteiger partial charge in [-0.1, -0.05) is 48.5 Å². The summed E-state index contributed by atoms with van der Waals surface area (Å²) in [6.45, 7) is 7.79. The number of aryl methyl sites for hydroxylation is 2. The molecule has 3 aromatic rings. The first-order valence-corrected chi connectivity index (χ1v) is 8.37. The second-order valence-corrected chi connectivity index (χ2v) is 6.54. The summed E-state index contributed by atoms with van der Waals surface area (Å²) in [6.07, 6.45) is 0. The predicted molar refractivity (Wildman–Crippen MR) is 101 cm³/mol. The van der Waals surface area contributed by atoms with Crippen LogP contribution in [-0.2, 0) is 0 Å². The van der Waals surface area contributed by atoms with Crippen molar-refractivity contribution < 1.29 is 9.18 Å². The highest BCUT2D eigenvalue weighted by Crippen LogP contribution is 2.34. The lowest BCUT2D eigenvalue weighted by Crippen LogP contribution is -2.09. The average Bonchev–Trinajstić information content (AvgIpc) is 2.60. The summed E-state index contributed by atoms with van der Waals surface area (Å²) >= 11 is 0. The molecule has 0 bridgehead atoms. The highest BCUT2D eigenvalue weighted by molar-refractivity contribution is 6.14. The molecule has 0 saturated heterocycles. The fourth-order valence-electron chi connectivity index (χ4n) is 3.16. The topological polar surface area (TPSA) is 17.1 Å². The summed E-state index contributed by atoms with van der Waals surface area (Å²) in [4.78, 5) is 13.2. The molecule has 1 nitrogen and oxygen atoms in total. The number of hydrogen-bond donors (Lipinski definition) is 0. The van der Waals surface area contributed by atoms with Gasteiger partial charge in [-0.2, -0.15) is 0 Å². The van der Waals surface area contributed by atoms with Crippen molar-refractivity contribution in [3.05, 3.63) is 93.8 Å². The SMILES string of the molecule is Cc1ccc(-c2cc(C)c(C)c(C)c2C(=O)c2ccccc2)c(F)c1. The molecule has 0 amide bonds. The van der Waals surface area contributed by atoms with Crippen molar-refractivity contribution in [1.82, 2.24) is 0 Å². The van der Waals surface area contributed by atoms with Crippen LogP contribution < -0.4 is 0 Å². The summed E-state index contributed by atoms with van der Waals surface area (Å²) in [7, 11) is 0. The molecule has 3 rings (SSSR count). The summed E-state index contributed by atoms with van der Waals surface area (Å²) in [5.74, 6) is -0.374. The van der Waals surface area contributed by atoms with E-state index in [0.29, 0.717) is 22.3 Å². The van der Waals surface area contributed by atoms with E-state index >= 15 is 0 Å². The van der Waals surface area contributed by atoms with Crippen LogP contribution in [0.1, 0.15) is 38.2 Å². The molecule has 0 fully saturated rings. The lowest BCUT2D eigenvalue weighted by Gasteiger charge is -2.17. The van der Waals surface area contributed by atoms with Gasteiger partial charge in [-0.05, 0) is 61.6 Å². The molecule has 0 N–H and O–H groups in total. The van der Waals surface area contributed by atoms with Gasteiger partial charge in [-0.25, -0.2) is 4.39 Å². The highest BCUT2D eigenvalue weighted by Gasteiger charge is 2.21. The first-order valence-electron chi connectivity index (χ1n) is 8.37. The Hall–Kier alpha value is -2.74. The number of halogens is 1. The van der Waals surface area contributed by atoms with Crippen LogP contribution in [0.25, 0.3) is 11.1 Å². The van der Waals surface area contributed by atoms with E-state index in [-0.39, 0.29) is 11.6 Å². The van der Waals surface area contributed by atoms with Crippen LogP contribution in [-0.4, -0.2) is 5.78 Å². The molecule has 0 unspecified atom stereocenters. The van der Waals surface area contributed by atoms with Crippen LogP contribution in [0.15, 0.2) is 54.6 Å². The number of carbonyl (C=O) groups is 1. The second kappa shape index (κ2) is 6.64. The third kappa shape index (κ3) is 3.12. The Morgan fingerprint density at radius 2 is 1.48 bits per heavy atom. The summed E-state index contributed by atoms with van der Waals surface area (Å²) in [6, 6.07) is 16.2. The lowest BCUT2D eigenvalue weighted by atomic mass is 9.86. The van der Waals surface area contributed by atoms with E-state index in [2.05, 4.69) is 0 Å². The minimum absolute atomic E-state index is 0.0730. The van der Waals surface area contributed by atoms with Crippen LogP contribution >= 0.6 is 0 Å². The van der Waals surface area contributed by atoms with Gasteiger partial charge in [0.25, 0.3) is 0 Å². The fraction of sp³-hybridized carbons (Fsp3) is 0.174.